The normalized spacial score (nSPS) is 13.1. The second kappa shape index (κ2) is 13.7. The van der Waals surface area contributed by atoms with Gasteiger partial charge in [-0.2, -0.15) is 0 Å². The highest BCUT2D eigenvalue weighted by Crippen LogP contribution is 2.26. The van der Waals surface area contributed by atoms with Crippen LogP contribution >= 0.6 is 43.5 Å². The summed E-state index contributed by atoms with van der Waals surface area (Å²) < 4.78 is 7.91. The van der Waals surface area contributed by atoms with Crippen molar-refractivity contribution in [2.45, 2.75) is 47.5 Å². The Labute approximate surface area is 169 Å². The summed E-state index contributed by atoms with van der Waals surface area (Å²) in [7, 11) is 0. The molecule has 0 unspecified atom stereocenters. The SMILES string of the molecule is CC.CC.Cc1ccc(CCOC2=C(Br)C=CCC(Br)=C2)c(Cl)c1. The van der Waals surface area contributed by atoms with Gasteiger partial charge in [-0.1, -0.05) is 73.4 Å². The predicted molar refractivity (Wildman–Crippen MR) is 115 cm³/mol. The van der Waals surface area contributed by atoms with Crippen LogP contribution in [-0.2, 0) is 11.2 Å². The molecular formula is C20H27Br2ClO. The van der Waals surface area contributed by atoms with E-state index in [2.05, 4.69) is 50.1 Å². The second-order valence-electron chi connectivity index (χ2n) is 4.60. The van der Waals surface area contributed by atoms with E-state index >= 15 is 0 Å². The molecule has 0 fully saturated rings. The van der Waals surface area contributed by atoms with Crippen molar-refractivity contribution < 1.29 is 4.74 Å². The van der Waals surface area contributed by atoms with E-state index in [-0.39, 0.29) is 0 Å². The Kier molecular flexibility index (Phi) is 13.5. The largest absolute Gasteiger partial charge is 0.492 e. The molecule has 1 aromatic carbocycles. The highest BCUT2D eigenvalue weighted by atomic mass is 79.9. The van der Waals surface area contributed by atoms with Gasteiger partial charge in [-0.05, 0) is 58.6 Å². The molecule has 1 nitrogen and oxygen atoms in total. The summed E-state index contributed by atoms with van der Waals surface area (Å²) in [6, 6.07) is 6.11. The molecule has 1 aliphatic rings. The lowest BCUT2D eigenvalue weighted by atomic mass is 10.1. The third-order valence-electron chi connectivity index (χ3n) is 2.94. The number of rotatable bonds is 4. The number of halogens is 3. The summed E-state index contributed by atoms with van der Waals surface area (Å²) >= 11 is 13.3. The van der Waals surface area contributed by atoms with Crippen LogP contribution in [0, 0.1) is 6.92 Å². The molecule has 4 heteroatoms. The smallest absolute Gasteiger partial charge is 0.134 e. The van der Waals surface area contributed by atoms with Crippen LogP contribution in [0.2, 0.25) is 5.02 Å². The molecule has 134 valence electrons. The fourth-order valence-electron chi connectivity index (χ4n) is 1.86. The summed E-state index contributed by atoms with van der Waals surface area (Å²) in [6.45, 7) is 10.6. The zero-order chi connectivity index (χ0) is 18.5. The van der Waals surface area contributed by atoms with Crippen LogP contribution in [0.1, 0.15) is 45.2 Å². The first-order chi connectivity index (χ1) is 11.6. The molecule has 0 spiro atoms. The predicted octanol–water partition coefficient (Wildman–Crippen LogP) is 8.11. The number of allylic oxidation sites excluding steroid dienone is 5. The third-order valence-corrected chi connectivity index (χ3v) is 4.50. The van der Waals surface area contributed by atoms with Gasteiger partial charge in [0, 0.05) is 15.9 Å². The Balaban J connectivity index is 0.00000123. The number of hydrogen-bond donors (Lipinski definition) is 0. The molecule has 0 aliphatic heterocycles. The molecule has 0 N–H and O–H groups in total. The summed E-state index contributed by atoms with van der Waals surface area (Å²) in [5.74, 6) is 0.842. The molecule has 0 radical (unpaired) electrons. The molecule has 24 heavy (non-hydrogen) atoms. The Hall–Kier alpha value is -0.510. The fraction of sp³-hybridized carbons (Fsp3) is 0.400. The van der Waals surface area contributed by atoms with Crippen molar-refractivity contribution in [1.82, 2.24) is 0 Å². The molecule has 0 saturated carbocycles. The number of benzene rings is 1. The first-order valence-electron chi connectivity index (χ1n) is 8.36. The van der Waals surface area contributed by atoms with Crippen molar-refractivity contribution in [2.75, 3.05) is 6.61 Å². The van der Waals surface area contributed by atoms with Gasteiger partial charge in [-0.15, -0.1) is 0 Å². The van der Waals surface area contributed by atoms with Crippen LogP contribution in [-0.4, -0.2) is 6.61 Å². The molecule has 0 bridgehead atoms. The van der Waals surface area contributed by atoms with Crippen LogP contribution in [0.3, 0.4) is 0 Å². The maximum atomic E-state index is 6.22. The van der Waals surface area contributed by atoms with Crippen molar-refractivity contribution >= 4 is 43.5 Å². The molecule has 0 amide bonds. The first-order valence-corrected chi connectivity index (χ1v) is 10.3. The van der Waals surface area contributed by atoms with Gasteiger partial charge in [0.05, 0.1) is 11.1 Å². The molecule has 1 aromatic rings. The van der Waals surface area contributed by atoms with Crippen molar-refractivity contribution in [3.05, 3.63) is 67.3 Å². The molecule has 0 saturated heterocycles. The topological polar surface area (TPSA) is 9.23 Å². The number of ether oxygens (including phenoxy) is 1. The molecular weight excluding hydrogens is 451 g/mol. The van der Waals surface area contributed by atoms with E-state index in [1.807, 2.05) is 52.8 Å². The zero-order valence-electron chi connectivity index (χ0n) is 15.1. The minimum Gasteiger partial charge on any atom is -0.492 e. The minimum absolute atomic E-state index is 0.595. The van der Waals surface area contributed by atoms with Crippen molar-refractivity contribution in [2.24, 2.45) is 0 Å². The molecule has 1 aliphatic carbocycles. The molecule has 2 rings (SSSR count). The molecule has 0 heterocycles. The summed E-state index contributed by atoms with van der Waals surface area (Å²) in [5, 5.41) is 0.805. The van der Waals surface area contributed by atoms with Crippen molar-refractivity contribution in [1.29, 1.82) is 0 Å². The van der Waals surface area contributed by atoms with E-state index in [9.17, 15) is 0 Å². The van der Waals surface area contributed by atoms with Crippen LogP contribution in [0.15, 0.2) is 51.2 Å². The van der Waals surface area contributed by atoms with E-state index in [0.717, 1.165) is 38.2 Å². The quantitative estimate of drug-likeness (QED) is 0.425. The van der Waals surface area contributed by atoms with E-state index in [4.69, 9.17) is 16.3 Å². The Bertz CT molecular complexity index is 589. The van der Waals surface area contributed by atoms with Gasteiger partial charge in [-0.3, -0.25) is 0 Å². The highest BCUT2D eigenvalue weighted by Gasteiger charge is 2.07. The average Bonchev–Trinajstić information content (AvgIpc) is 2.74. The maximum Gasteiger partial charge on any atom is 0.134 e. The second-order valence-corrected chi connectivity index (χ2v) is 6.88. The molecule has 0 atom stereocenters. The highest BCUT2D eigenvalue weighted by molar-refractivity contribution is 9.12. The van der Waals surface area contributed by atoms with Crippen molar-refractivity contribution in [3.63, 3.8) is 0 Å². The van der Waals surface area contributed by atoms with Gasteiger partial charge in [0.15, 0.2) is 0 Å². The lowest BCUT2D eigenvalue weighted by molar-refractivity contribution is 0.228. The van der Waals surface area contributed by atoms with Crippen LogP contribution < -0.4 is 0 Å². The van der Waals surface area contributed by atoms with E-state index in [0.29, 0.717) is 6.61 Å². The number of hydrogen-bond acceptors (Lipinski definition) is 1. The van der Waals surface area contributed by atoms with Gasteiger partial charge in [0.2, 0.25) is 0 Å². The van der Waals surface area contributed by atoms with E-state index in [1.54, 1.807) is 0 Å². The van der Waals surface area contributed by atoms with Gasteiger partial charge in [0.1, 0.15) is 5.76 Å². The average molecular weight is 479 g/mol. The van der Waals surface area contributed by atoms with E-state index in [1.165, 1.54) is 5.56 Å². The summed E-state index contributed by atoms with van der Waals surface area (Å²) in [4.78, 5) is 0. The van der Waals surface area contributed by atoms with Gasteiger partial charge < -0.3 is 4.74 Å². The first kappa shape index (κ1) is 23.5. The monoisotopic (exact) mass is 476 g/mol. The van der Waals surface area contributed by atoms with Gasteiger partial charge in [0.25, 0.3) is 0 Å². The number of aryl methyl sites for hydroxylation is 1. The van der Waals surface area contributed by atoms with Gasteiger partial charge >= 0.3 is 0 Å². The Morgan fingerprint density at radius 2 is 1.79 bits per heavy atom. The standard InChI is InChI=1S/C16H15Br2ClO.2C2H6/c1-11-5-6-12(15(19)9-11)7-8-20-16-10-13(17)3-2-4-14(16)18;2*1-2/h2,4-6,9-10H,3,7-8H2,1H3;2*1-2H3. The lowest BCUT2D eigenvalue weighted by Gasteiger charge is -2.10. The van der Waals surface area contributed by atoms with Gasteiger partial charge in [-0.25, -0.2) is 0 Å². The molecule has 0 aromatic heterocycles. The Morgan fingerprint density at radius 1 is 1.12 bits per heavy atom. The summed E-state index contributed by atoms with van der Waals surface area (Å²) in [5.41, 5.74) is 2.28. The maximum absolute atomic E-state index is 6.22. The fourth-order valence-corrected chi connectivity index (χ4v) is 3.00. The van der Waals surface area contributed by atoms with Crippen LogP contribution in [0.25, 0.3) is 0 Å². The van der Waals surface area contributed by atoms with Crippen molar-refractivity contribution in [3.8, 4) is 0 Å². The van der Waals surface area contributed by atoms with E-state index < -0.39 is 0 Å². The zero-order valence-corrected chi connectivity index (χ0v) is 19.1. The third kappa shape index (κ3) is 8.55. The van der Waals surface area contributed by atoms with Crippen LogP contribution in [0.5, 0.6) is 0 Å². The Morgan fingerprint density at radius 3 is 2.42 bits per heavy atom. The van der Waals surface area contributed by atoms with Crippen LogP contribution in [0.4, 0.5) is 0 Å². The minimum atomic E-state index is 0.595. The summed E-state index contributed by atoms with van der Waals surface area (Å²) in [6.07, 6.45) is 7.77. The lowest BCUT2D eigenvalue weighted by Crippen LogP contribution is -1.99.